The van der Waals surface area contributed by atoms with Crippen LogP contribution in [0.2, 0.25) is 0 Å². The van der Waals surface area contributed by atoms with Crippen LogP contribution in [0.1, 0.15) is 55.2 Å². The van der Waals surface area contributed by atoms with Gasteiger partial charge in [0.25, 0.3) is 5.91 Å². The lowest BCUT2D eigenvalue weighted by Gasteiger charge is -2.34. The van der Waals surface area contributed by atoms with Gasteiger partial charge in [-0.1, -0.05) is 13.8 Å². The van der Waals surface area contributed by atoms with Gasteiger partial charge in [0, 0.05) is 47.2 Å². The van der Waals surface area contributed by atoms with Gasteiger partial charge >= 0.3 is 0 Å². The van der Waals surface area contributed by atoms with Crippen molar-refractivity contribution in [1.82, 2.24) is 10.3 Å². The summed E-state index contributed by atoms with van der Waals surface area (Å²) in [6.07, 6.45) is 2.49. The molecule has 0 bridgehead atoms. The maximum atomic E-state index is 14.6. The van der Waals surface area contributed by atoms with E-state index in [0.717, 1.165) is 6.07 Å². The molecule has 0 aliphatic carbocycles. The summed E-state index contributed by atoms with van der Waals surface area (Å²) < 4.78 is 19.9. The third-order valence-electron chi connectivity index (χ3n) is 5.93. The second-order valence-electron chi connectivity index (χ2n) is 9.28. The predicted octanol–water partition coefficient (Wildman–Crippen LogP) is 2.68. The second kappa shape index (κ2) is 9.84. The number of amides is 2. The molecule has 0 atom stereocenters. The normalized spacial score (nSPS) is 15.7. The van der Waals surface area contributed by atoms with Crippen molar-refractivity contribution in [3.63, 3.8) is 0 Å². The molecule has 2 amide bonds. The maximum absolute atomic E-state index is 14.6. The van der Waals surface area contributed by atoms with Crippen molar-refractivity contribution < 1.29 is 28.9 Å². The number of benzene rings is 1. The molecule has 1 aliphatic heterocycles. The molecule has 1 aliphatic rings. The van der Waals surface area contributed by atoms with Crippen molar-refractivity contribution in [2.75, 3.05) is 25.1 Å². The van der Waals surface area contributed by atoms with E-state index < -0.39 is 17.1 Å². The average molecular weight is 460 g/mol. The third kappa shape index (κ3) is 6.06. The topological polar surface area (TPSA) is 121 Å². The molecule has 0 unspecified atom stereocenters. The summed E-state index contributed by atoms with van der Waals surface area (Å²) in [7, 11) is 0. The number of aromatic nitrogens is 1. The Labute approximate surface area is 192 Å². The number of halogens is 1. The van der Waals surface area contributed by atoms with Crippen LogP contribution in [0.3, 0.4) is 0 Å². The molecule has 8 nitrogen and oxygen atoms in total. The van der Waals surface area contributed by atoms with E-state index >= 15 is 0 Å². The van der Waals surface area contributed by atoms with E-state index in [1.165, 1.54) is 24.4 Å². The van der Waals surface area contributed by atoms with Crippen LogP contribution in [0.25, 0.3) is 0 Å². The molecule has 0 saturated carbocycles. The molecule has 1 saturated heterocycles. The molecule has 178 valence electrons. The zero-order valence-electron chi connectivity index (χ0n) is 19.1. The maximum Gasteiger partial charge on any atom is 0.270 e. The lowest BCUT2D eigenvalue weighted by molar-refractivity contribution is -0.115. The number of aliphatic hydroxyl groups is 1. The number of phenols is 1. The number of hydrogen-bond donors (Lipinski definition) is 4. The number of carbonyl (C=O) groups is 2. The summed E-state index contributed by atoms with van der Waals surface area (Å²) in [5, 5.41) is 25.4. The average Bonchev–Trinajstić information content (AvgIpc) is 2.76. The Balaban J connectivity index is 1.68. The van der Waals surface area contributed by atoms with Gasteiger partial charge in [-0.15, -0.1) is 0 Å². The number of anilines is 1. The number of carbonyl (C=O) groups excluding carboxylic acids is 2. The Morgan fingerprint density at radius 3 is 2.61 bits per heavy atom. The first-order chi connectivity index (χ1) is 15.5. The summed E-state index contributed by atoms with van der Waals surface area (Å²) in [5.41, 5.74) is -0.440. The number of aromatic hydroxyl groups is 1. The number of nitrogens with zero attached hydrogens (tertiary/aromatic N) is 1. The van der Waals surface area contributed by atoms with Crippen LogP contribution in [-0.2, 0) is 21.4 Å². The highest BCUT2D eigenvalue weighted by atomic mass is 19.1. The van der Waals surface area contributed by atoms with E-state index in [4.69, 9.17) is 4.74 Å². The van der Waals surface area contributed by atoms with E-state index in [9.17, 15) is 24.2 Å². The number of ether oxygens (including phenoxy) is 1. The minimum atomic E-state index is -0.832. The molecule has 0 spiro atoms. The molecule has 1 fully saturated rings. The van der Waals surface area contributed by atoms with Crippen LogP contribution in [-0.4, -0.2) is 52.4 Å². The Morgan fingerprint density at radius 1 is 1.24 bits per heavy atom. The molecule has 0 radical (unpaired) electrons. The van der Waals surface area contributed by atoms with Gasteiger partial charge in [0.1, 0.15) is 17.3 Å². The fraction of sp³-hybridized carbons (Fsp3) is 0.458. The van der Waals surface area contributed by atoms with Gasteiger partial charge in [-0.2, -0.15) is 0 Å². The Bertz CT molecular complexity index is 1030. The van der Waals surface area contributed by atoms with Crippen molar-refractivity contribution in [2.45, 2.75) is 51.0 Å². The van der Waals surface area contributed by atoms with Crippen molar-refractivity contribution in [3.05, 3.63) is 53.1 Å². The van der Waals surface area contributed by atoms with Crippen LogP contribution in [0, 0.1) is 5.82 Å². The molecule has 1 aromatic heterocycles. The van der Waals surface area contributed by atoms with Crippen LogP contribution in [0.5, 0.6) is 5.75 Å². The van der Waals surface area contributed by atoms with E-state index in [1.54, 1.807) is 13.8 Å². The molecule has 33 heavy (non-hydrogen) atoms. The summed E-state index contributed by atoms with van der Waals surface area (Å²) in [6.45, 7) is 6.18. The zero-order chi connectivity index (χ0) is 24.2. The lowest BCUT2D eigenvalue weighted by atomic mass is 9.84. The minimum absolute atomic E-state index is 0.0157. The van der Waals surface area contributed by atoms with E-state index in [1.807, 2.05) is 6.92 Å². The molecule has 4 N–H and O–H groups in total. The van der Waals surface area contributed by atoms with Gasteiger partial charge < -0.3 is 25.6 Å². The number of pyridine rings is 1. The molecule has 2 heterocycles. The van der Waals surface area contributed by atoms with Crippen molar-refractivity contribution >= 4 is 17.5 Å². The molecule has 9 heteroatoms. The fourth-order valence-electron chi connectivity index (χ4n) is 3.66. The van der Waals surface area contributed by atoms with Crippen LogP contribution < -0.4 is 10.6 Å². The quantitative estimate of drug-likeness (QED) is 0.505. The third-order valence-corrected chi connectivity index (χ3v) is 5.93. The number of aliphatic hydroxyl groups excluding tert-OH is 1. The van der Waals surface area contributed by atoms with E-state index in [-0.39, 0.29) is 47.0 Å². The largest absolute Gasteiger partial charge is 0.508 e. The predicted molar refractivity (Wildman–Crippen MR) is 121 cm³/mol. The van der Waals surface area contributed by atoms with Crippen molar-refractivity contribution in [1.29, 1.82) is 0 Å². The van der Waals surface area contributed by atoms with Gasteiger partial charge in [0.15, 0.2) is 0 Å². The highest BCUT2D eigenvalue weighted by Gasteiger charge is 2.30. The minimum Gasteiger partial charge on any atom is -0.508 e. The molecule has 1 aromatic carbocycles. The Hall–Kier alpha value is -3.04. The summed E-state index contributed by atoms with van der Waals surface area (Å²) in [6, 6.07) is 5.32. The first-order valence-electron chi connectivity index (χ1n) is 10.8. The molecule has 2 aromatic rings. The SMILES string of the molecule is CC1(NC(=O)c2cc(NC(=O)Cc3cc(O)c(C(C)(C)CO)cc3F)ccn2)CCOCC1. The van der Waals surface area contributed by atoms with Gasteiger partial charge in [0.05, 0.1) is 13.0 Å². The van der Waals surface area contributed by atoms with E-state index in [0.29, 0.717) is 31.7 Å². The highest BCUT2D eigenvalue weighted by molar-refractivity contribution is 5.96. The van der Waals surface area contributed by atoms with Gasteiger partial charge in [-0.25, -0.2) is 4.39 Å². The summed E-state index contributed by atoms with van der Waals surface area (Å²) >= 11 is 0. The van der Waals surface area contributed by atoms with Gasteiger partial charge in [0.2, 0.25) is 5.91 Å². The zero-order valence-corrected chi connectivity index (χ0v) is 19.1. The summed E-state index contributed by atoms with van der Waals surface area (Å²) in [4.78, 5) is 29.2. The molecular weight excluding hydrogens is 429 g/mol. The van der Waals surface area contributed by atoms with Crippen LogP contribution in [0.4, 0.5) is 10.1 Å². The Morgan fingerprint density at radius 2 is 1.94 bits per heavy atom. The number of nitrogens with one attached hydrogen (secondary N) is 2. The fourth-order valence-corrected chi connectivity index (χ4v) is 3.66. The van der Waals surface area contributed by atoms with Crippen molar-refractivity contribution in [3.8, 4) is 5.75 Å². The van der Waals surface area contributed by atoms with E-state index in [2.05, 4.69) is 15.6 Å². The molecule has 3 rings (SSSR count). The standard InChI is InChI=1S/C24H30FN3O5/c1-23(2,14-29)17-13-18(25)15(10-20(17)30)11-21(31)27-16-4-7-26-19(12-16)22(32)28-24(3)5-8-33-9-6-24/h4,7,10,12-13,29-30H,5-6,8-9,11,14H2,1-3H3,(H,28,32)(H,26,27,31). The number of phenolic OH excluding ortho intramolecular Hbond substituents is 1. The van der Waals surface area contributed by atoms with Crippen LogP contribution in [0.15, 0.2) is 30.5 Å². The number of hydrogen-bond acceptors (Lipinski definition) is 6. The first kappa shape index (κ1) is 24.6. The highest BCUT2D eigenvalue weighted by Crippen LogP contribution is 2.33. The van der Waals surface area contributed by atoms with Crippen LogP contribution >= 0.6 is 0 Å². The second-order valence-corrected chi connectivity index (χ2v) is 9.28. The van der Waals surface area contributed by atoms with Crippen molar-refractivity contribution in [2.24, 2.45) is 0 Å². The lowest BCUT2D eigenvalue weighted by Crippen LogP contribution is -2.49. The summed E-state index contributed by atoms with van der Waals surface area (Å²) in [5.74, 6) is -1.72. The monoisotopic (exact) mass is 459 g/mol. The number of rotatable bonds is 7. The first-order valence-corrected chi connectivity index (χ1v) is 10.8. The Kier molecular flexibility index (Phi) is 7.34. The smallest absolute Gasteiger partial charge is 0.270 e. The molecular formula is C24H30FN3O5. The van der Waals surface area contributed by atoms with Gasteiger partial charge in [-0.05, 0) is 44.0 Å². The van der Waals surface area contributed by atoms with Gasteiger partial charge in [-0.3, -0.25) is 14.6 Å².